The van der Waals surface area contributed by atoms with E-state index in [0.717, 1.165) is 24.8 Å². The third-order valence-corrected chi connectivity index (χ3v) is 4.71. The summed E-state index contributed by atoms with van der Waals surface area (Å²) < 4.78 is 6.86. The molecule has 0 bridgehead atoms. The Morgan fingerprint density at radius 3 is 2.86 bits per heavy atom. The molecule has 1 unspecified atom stereocenters. The van der Waals surface area contributed by atoms with Crippen molar-refractivity contribution in [3.05, 3.63) is 66.6 Å². The Hall–Kier alpha value is -3.48. The molecule has 0 spiro atoms. The Morgan fingerprint density at radius 1 is 1.21 bits per heavy atom. The van der Waals surface area contributed by atoms with Gasteiger partial charge in [0.2, 0.25) is 0 Å². The molecule has 142 valence electrons. The normalized spacial score (nSPS) is 16.9. The minimum absolute atomic E-state index is 0.240. The van der Waals surface area contributed by atoms with Gasteiger partial charge in [-0.15, -0.1) is 5.10 Å². The van der Waals surface area contributed by atoms with Gasteiger partial charge in [-0.3, -0.25) is 4.79 Å². The number of carbonyl (C=O) groups is 1. The number of tetrazole rings is 1. The topological polar surface area (TPSA) is 85.8 Å². The smallest absolute Gasteiger partial charge is 0.270 e. The van der Waals surface area contributed by atoms with Crippen molar-refractivity contribution in [1.29, 1.82) is 0 Å². The van der Waals surface area contributed by atoms with Gasteiger partial charge in [0.05, 0.1) is 6.26 Å². The zero-order valence-corrected chi connectivity index (χ0v) is 15.4. The molecular weight excluding hydrogens is 354 g/mol. The highest BCUT2D eigenvalue weighted by Crippen LogP contribution is 2.21. The molecule has 2 aromatic heterocycles. The molecule has 1 atom stereocenters. The summed E-state index contributed by atoms with van der Waals surface area (Å²) in [4.78, 5) is 13.0. The third-order valence-electron chi connectivity index (χ3n) is 4.71. The van der Waals surface area contributed by atoms with Crippen molar-refractivity contribution in [3.63, 3.8) is 0 Å². The minimum Gasteiger partial charge on any atom is -0.465 e. The minimum atomic E-state index is -0.240. The lowest BCUT2D eigenvalue weighted by Gasteiger charge is -2.18. The van der Waals surface area contributed by atoms with Gasteiger partial charge in [0.25, 0.3) is 5.91 Å². The summed E-state index contributed by atoms with van der Waals surface area (Å²) in [6.07, 6.45) is 10.7. The van der Waals surface area contributed by atoms with Gasteiger partial charge in [-0.05, 0) is 47.7 Å². The van der Waals surface area contributed by atoms with E-state index in [1.54, 1.807) is 24.5 Å². The van der Waals surface area contributed by atoms with E-state index in [0.29, 0.717) is 29.7 Å². The lowest BCUT2D eigenvalue weighted by molar-refractivity contribution is -0.116. The van der Waals surface area contributed by atoms with Crippen molar-refractivity contribution in [2.24, 2.45) is 5.92 Å². The summed E-state index contributed by atoms with van der Waals surface area (Å²) in [5.74, 6) is 1.26. The number of hydrogen-bond acceptors (Lipinski definition) is 5. The fourth-order valence-corrected chi connectivity index (χ4v) is 3.22. The molecule has 0 aliphatic heterocycles. The molecule has 1 aliphatic carbocycles. The zero-order valence-electron chi connectivity index (χ0n) is 15.4. The predicted molar refractivity (Wildman–Crippen MR) is 106 cm³/mol. The van der Waals surface area contributed by atoms with E-state index in [-0.39, 0.29) is 5.91 Å². The Morgan fingerprint density at radius 2 is 2.11 bits per heavy atom. The Bertz CT molecular complexity index is 973. The number of allylic oxidation sites excluding steroid dienone is 2. The molecule has 28 heavy (non-hydrogen) atoms. The lowest BCUT2D eigenvalue weighted by atomic mass is 9.94. The number of amides is 1. The van der Waals surface area contributed by atoms with Crippen LogP contribution in [0.5, 0.6) is 0 Å². The van der Waals surface area contributed by atoms with E-state index in [4.69, 9.17) is 4.42 Å². The van der Waals surface area contributed by atoms with Crippen molar-refractivity contribution < 1.29 is 9.21 Å². The summed E-state index contributed by atoms with van der Waals surface area (Å²) in [6.45, 7) is 0.613. The van der Waals surface area contributed by atoms with Gasteiger partial charge in [-0.25, -0.2) is 0 Å². The zero-order chi connectivity index (χ0) is 19.2. The lowest BCUT2D eigenvalue weighted by Crippen LogP contribution is -2.32. The highest BCUT2D eigenvalue weighted by molar-refractivity contribution is 6.18. The average molecular weight is 375 g/mol. The molecule has 2 heterocycles. The van der Waals surface area contributed by atoms with Gasteiger partial charge in [0.1, 0.15) is 11.5 Å². The quantitative estimate of drug-likeness (QED) is 0.527. The number of carbonyl (C=O) groups excluding carboxylic acids is 1. The number of aromatic nitrogens is 4. The number of nitrogens with one attached hydrogen (secondary N) is 1. The first-order chi connectivity index (χ1) is 13.8. The van der Waals surface area contributed by atoms with Crippen LogP contribution in [0.3, 0.4) is 0 Å². The molecule has 0 fully saturated rings. The molecule has 1 amide bonds. The molecular formula is C21H21N5O2. The summed E-state index contributed by atoms with van der Waals surface area (Å²) in [5.41, 5.74) is 1.13. The van der Waals surface area contributed by atoms with Crippen molar-refractivity contribution in [3.8, 4) is 11.4 Å². The summed E-state index contributed by atoms with van der Waals surface area (Å²) >= 11 is 0. The number of benzene rings is 1. The monoisotopic (exact) mass is 375 g/mol. The van der Waals surface area contributed by atoms with Crippen LogP contribution in [0.15, 0.2) is 65.3 Å². The molecule has 1 N–H and O–H groups in total. The van der Waals surface area contributed by atoms with Gasteiger partial charge in [-0.1, -0.05) is 42.5 Å². The molecule has 1 aliphatic rings. The second-order valence-electron chi connectivity index (χ2n) is 6.69. The number of furan rings is 1. The maximum atomic E-state index is 13.0. The van der Waals surface area contributed by atoms with Crippen LogP contribution in [0.1, 0.15) is 25.0 Å². The van der Waals surface area contributed by atoms with Gasteiger partial charge < -0.3 is 9.73 Å². The van der Waals surface area contributed by atoms with E-state index < -0.39 is 0 Å². The van der Waals surface area contributed by atoms with Crippen LogP contribution >= 0.6 is 0 Å². The standard InChI is InChI=1S/C21H21N5O2/c27-21(22-15-16-8-3-1-4-9-16)19(14-18-12-7-13-28-18)26-20(23-24-25-26)17-10-5-2-6-11-17/h1-3,5-7,10-14,16H,4,8-9,15H2,(H,22,27)/b19-14+. The van der Waals surface area contributed by atoms with E-state index in [1.165, 1.54) is 4.68 Å². The molecule has 0 radical (unpaired) electrons. The van der Waals surface area contributed by atoms with Crippen molar-refractivity contribution >= 4 is 17.7 Å². The van der Waals surface area contributed by atoms with E-state index in [1.807, 2.05) is 30.3 Å². The summed E-state index contributed by atoms with van der Waals surface area (Å²) in [6, 6.07) is 13.1. The number of nitrogens with zero attached hydrogens (tertiary/aromatic N) is 4. The Balaban J connectivity index is 1.63. The van der Waals surface area contributed by atoms with Crippen LogP contribution in [0, 0.1) is 5.92 Å². The van der Waals surface area contributed by atoms with Gasteiger partial charge >= 0.3 is 0 Å². The van der Waals surface area contributed by atoms with E-state index in [9.17, 15) is 4.79 Å². The fourth-order valence-electron chi connectivity index (χ4n) is 3.22. The van der Waals surface area contributed by atoms with Gasteiger partial charge in [-0.2, -0.15) is 4.68 Å². The van der Waals surface area contributed by atoms with Crippen LogP contribution in [-0.4, -0.2) is 32.7 Å². The molecule has 4 rings (SSSR count). The van der Waals surface area contributed by atoms with E-state index in [2.05, 4.69) is 33.0 Å². The first-order valence-corrected chi connectivity index (χ1v) is 9.34. The van der Waals surface area contributed by atoms with Crippen LogP contribution in [0.2, 0.25) is 0 Å². The van der Waals surface area contributed by atoms with Crippen molar-refractivity contribution in [1.82, 2.24) is 25.5 Å². The molecule has 0 saturated carbocycles. The van der Waals surface area contributed by atoms with Crippen molar-refractivity contribution in [2.75, 3.05) is 6.54 Å². The Labute approximate surface area is 162 Å². The maximum Gasteiger partial charge on any atom is 0.270 e. The number of hydrogen-bond donors (Lipinski definition) is 1. The molecule has 3 aromatic rings. The van der Waals surface area contributed by atoms with Crippen LogP contribution in [0.4, 0.5) is 0 Å². The SMILES string of the molecule is O=C(NCC1CC=CCC1)/C(=C\c1ccco1)n1nnnc1-c1ccccc1. The number of rotatable bonds is 6. The van der Waals surface area contributed by atoms with E-state index >= 15 is 0 Å². The first kappa shape index (κ1) is 17.9. The third kappa shape index (κ3) is 4.09. The van der Waals surface area contributed by atoms with Crippen molar-refractivity contribution in [2.45, 2.75) is 19.3 Å². The molecule has 7 nitrogen and oxygen atoms in total. The van der Waals surface area contributed by atoms with Crippen LogP contribution in [0.25, 0.3) is 23.2 Å². The average Bonchev–Trinajstić information content (AvgIpc) is 3.43. The van der Waals surface area contributed by atoms with Gasteiger partial charge in [0, 0.05) is 18.2 Å². The first-order valence-electron chi connectivity index (χ1n) is 9.34. The van der Waals surface area contributed by atoms with Crippen LogP contribution in [-0.2, 0) is 4.79 Å². The Kier molecular flexibility index (Phi) is 5.42. The fraction of sp³-hybridized carbons (Fsp3) is 0.238. The summed E-state index contributed by atoms with van der Waals surface area (Å²) in [7, 11) is 0. The predicted octanol–water partition coefficient (Wildman–Crippen LogP) is 3.40. The van der Waals surface area contributed by atoms with Crippen LogP contribution < -0.4 is 5.32 Å². The largest absolute Gasteiger partial charge is 0.465 e. The molecule has 7 heteroatoms. The second-order valence-corrected chi connectivity index (χ2v) is 6.69. The summed E-state index contributed by atoms with van der Waals surface area (Å²) in [5, 5.41) is 15.0. The molecule has 0 saturated heterocycles. The molecule has 1 aromatic carbocycles. The maximum absolute atomic E-state index is 13.0. The van der Waals surface area contributed by atoms with Gasteiger partial charge in [0.15, 0.2) is 5.82 Å². The highest BCUT2D eigenvalue weighted by atomic mass is 16.3. The highest BCUT2D eigenvalue weighted by Gasteiger charge is 2.21. The second kappa shape index (κ2) is 8.47.